The molecule has 2 aromatic carbocycles. The molecule has 2 heterocycles. The third-order valence-electron chi connectivity index (χ3n) is 5.39. The van der Waals surface area contributed by atoms with Gasteiger partial charge in [0.25, 0.3) is 0 Å². The number of aromatic nitrogens is 1. The highest BCUT2D eigenvalue weighted by Gasteiger charge is 2.27. The SMILES string of the molecule is Cc1cc(C)cc(NC(=O)[C@H](Sc2ccc(S(=O)(=O)N3CCOCC3)cn2)c2ccccc2)c1. The number of rotatable bonds is 7. The highest BCUT2D eigenvalue weighted by Crippen LogP contribution is 2.35. The fourth-order valence-corrected chi connectivity index (χ4v) is 6.12. The van der Waals surface area contributed by atoms with Gasteiger partial charge in [0, 0.05) is 25.0 Å². The van der Waals surface area contributed by atoms with Crippen molar-refractivity contribution in [1.29, 1.82) is 0 Å². The normalized spacial score (nSPS) is 15.6. The van der Waals surface area contributed by atoms with Crippen LogP contribution in [-0.2, 0) is 19.6 Å². The Balaban J connectivity index is 1.55. The Hall–Kier alpha value is -2.72. The summed E-state index contributed by atoms with van der Waals surface area (Å²) in [4.78, 5) is 17.8. The van der Waals surface area contributed by atoms with Crippen LogP contribution in [0.25, 0.3) is 0 Å². The summed E-state index contributed by atoms with van der Waals surface area (Å²) in [5.41, 5.74) is 3.71. The fraction of sp³-hybridized carbons (Fsp3) is 0.280. The number of benzene rings is 2. The molecule has 1 amide bonds. The zero-order valence-corrected chi connectivity index (χ0v) is 20.7. The van der Waals surface area contributed by atoms with Crippen molar-refractivity contribution in [2.45, 2.75) is 29.0 Å². The average molecular weight is 498 g/mol. The maximum atomic E-state index is 13.3. The smallest absolute Gasteiger partial charge is 0.244 e. The highest BCUT2D eigenvalue weighted by atomic mass is 32.2. The number of thioether (sulfide) groups is 1. The lowest BCUT2D eigenvalue weighted by Gasteiger charge is -2.25. The van der Waals surface area contributed by atoms with Crippen molar-refractivity contribution in [3.8, 4) is 0 Å². The van der Waals surface area contributed by atoms with Crippen LogP contribution in [0, 0.1) is 13.8 Å². The molecule has 0 saturated carbocycles. The molecule has 0 unspecified atom stereocenters. The first-order valence-corrected chi connectivity index (χ1v) is 13.3. The Kier molecular flexibility index (Phi) is 7.67. The largest absolute Gasteiger partial charge is 0.379 e. The number of nitrogens with one attached hydrogen (secondary N) is 1. The van der Waals surface area contributed by atoms with Crippen molar-refractivity contribution < 1.29 is 17.9 Å². The summed E-state index contributed by atoms with van der Waals surface area (Å²) in [7, 11) is -3.62. The summed E-state index contributed by atoms with van der Waals surface area (Å²) in [6.45, 7) is 5.40. The molecule has 0 spiro atoms. The summed E-state index contributed by atoms with van der Waals surface area (Å²) in [6.07, 6.45) is 1.36. The van der Waals surface area contributed by atoms with Crippen LogP contribution in [0.3, 0.4) is 0 Å². The molecule has 1 saturated heterocycles. The van der Waals surface area contributed by atoms with Crippen LogP contribution in [0.2, 0.25) is 0 Å². The molecule has 1 aliphatic heterocycles. The summed E-state index contributed by atoms with van der Waals surface area (Å²) in [5, 5.41) is 3.02. The van der Waals surface area contributed by atoms with E-state index in [4.69, 9.17) is 4.74 Å². The molecule has 34 heavy (non-hydrogen) atoms. The number of anilines is 1. The number of carbonyl (C=O) groups excluding carboxylic acids is 1. The van der Waals surface area contributed by atoms with Crippen molar-refractivity contribution in [2.24, 2.45) is 0 Å². The minimum absolute atomic E-state index is 0.134. The summed E-state index contributed by atoms with van der Waals surface area (Å²) in [6, 6.07) is 18.6. The first-order chi connectivity index (χ1) is 16.3. The Bertz CT molecular complexity index is 1220. The molecule has 1 fully saturated rings. The van der Waals surface area contributed by atoms with Crippen LogP contribution < -0.4 is 5.32 Å². The molecule has 1 aliphatic rings. The Morgan fingerprint density at radius 3 is 2.32 bits per heavy atom. The molecular formula is C25H27N3O4S2. The predicted molar refractivity (Wildman–Crippen MR) is 133 cm³/mol. The van der Waals surface area contributed by atoms with Crippen LogP contribution in [0.15, 0.2) is 76.8 Å². The van der Waals surface area contributed by atoms with E-state index < -0.39 is 15.3 Å². The Morgan fingerprint density at radius 2 is 1.71 bits per heavy atom. The molecule has 1 N–H and O–H groups in total. The van der Waals surface area contributed by atoms with Gasteiger partial charge >= 0.3 is 0 Å². The van der Waals surface area contributed by atoms with Crippen LogP contribution in [0.5, 0.6) is 0 Å². The molecule has 3 aromatic rings. The first kappa shape index (κ1) is 24.4. The van der Waals surface area contributed by atoms with Crippen LogP contribution in [-0.4, -0.2) is 49.9 Å². The molecule has 178 valence electrons. The van der Waals surface area contributed by atoms with E-state index in [1.54, 1.807) is 12.1 Å². The van der Waals surface area contributed by atoms with Crippen LogP contribution in [0.4, 0.5) is 5.69 Å². The van der Waals surface area contributed by atoms with Gasteiger partial charge in [-0.2, -0.15) is 4.31 Å². The lowest BCUT2D eigenvalue weighted by Crippen LogP contribution is -2.40. The standard InChI is InChI=1S/C25H27N3O4S2/c1-18-14-19(2)16-21(15-18)27-25(29)24(20-6-4-3-5-7-20)33-23-9-8-22(17-26-23)34(30,31)28-10-12-32-13-11-28/h3-9,14-17,24H,10-13H2,1-2H3,(H,27,29)/t24-/m1/s1. The number of carbonyl (C=O) groups is 1. The van der Waals surface area contributed by atoms with Crippen LogP contribution in [0.1, 0.15) is 21.9 Å². The van der Waals surface area contributed by atoms with Gasteiger partial charge in [0.2, 0.25) is 15.9 Å². The van der Waals surface area contributed by atoms with Gasteiger partial charge in [-0.05, 0) is 54.8 Å². The van der Waals surface area contributed by atoms with E-state index in [2.05, 4.69) is 16.4 Å². The van der Waals surface area contributed by atoms with E-state index in [9.17, 15) is 13.2 Å². The number of sulfonamides is 1. The van der Waals surface area contributed by atoms with Crippen molar-refractivity contribution in [1.82, 2.24) is 9.29 Å². The number of nitrogens with zero attached hydrogens (tertiary/aromatic N) is 2. The third-order valence-corrected chi connectivity index (χ3v) is 8.47. The number of morpholine rings is 1. The van der Waals surface area contributed by atoms with Gasteiger partial charge < -0.3 is 10.1 Å². The second-order valence-electron chi connectivity index (χ2n) is 8.12. The number of ether oxygens (including phenoxy) is 1. The van der Waals surface area contributed by atoms with E-state index in [1.165, 1.54) is 22.3 Å². The topological polar surface area (TPSA) is 88.6 Å². The molecule has 7 nitrogen and oxygen atoms in total. The van der Waals surface area contributed by atoms with Crippen molar-refractivity contribution >= 4 is 33.4 Å². The molecule has 0 bridgehead atoms. The minimum Gasteiger partial charge on any atom is -0.379 e. The van der Waals surface area contributed by atoms with E-state index in [0.29, 0.717) is 31.3 Å². The third kappa shape index (κ3) is 5.85. The lowest BCUT2D eigenvalue weighted by atomic mass is 10.1. The Labute approximate surface area is 204 Å². The predicted octanol–water partition coefficient (Wildman–Crippen LogP) is 4.19. The van der Waals surface area contributed by atoms with Gasteiger partial charge in [0.05, 0.1) is 18.2 Å². The number of hydrogen-bond donors (Lipinski definition) is 1. The quantitative estimate of drug-likeness (QED) is 0.493. The van der Waals surface area contributed by atoms with E-state index >= 15 is 0 Å². The maximum Gasteiger partial charge on any atom is 0.244 e. The van der Waals surface area contributed by atoms with Crippen molar-refractivity contribution in [3.05, 3.63) is 83.6 Å². The van der Waals surface area contributed by atoms with Crippen molar-refractivity contribution in [2.75, 3.05) is 31.6 Å². The lowest BCUT2D eigenvalue weighted by molar-refractivity contribution is -0.115. The molecule has 0 aliphatic carbocycles. The summed E-state index contributed by atoms with van der Waals surface area (Å²) in [5.74, 6) is -0.173. The van der Waals surface area contributed by atoms with E-state index in [1.807, 2.05) is 56.3 Å². The number of amides is 1. The monoisotopic (exact) mass is 497 g/mol. The van der Waals surface area contributed by atoms with Gasteiger partial charge in [-0.25, -0.2) is 13.4 Å². The number of aryl methyl sites for hydroxylation is 2. The highest BCUT2D eigenvalue weighted by molar-refractivity contribution is 8.00. The number of pyridine rings is 1. The molecular weight excluding hydrogens is 470 g/mol. The molecule has 9 heteroatoms. The second kappa shape index (κ2) is 10.7. The zero-order valence-electron chi connectivity index (χ0n) is 19.1. The van der Waals surface area contributed by atoms with Gasteiger partial charge in [-0.3, -0.25) is 4.79 Å². The maximum absolute atomic E-state index is 13.3. The van der Waals surface area contributed by atoms with E-state index in [-0.39, 0.29) is 10.8 Å². The molecule has 0 radical (unpaired) electrons. The molecule has 1 aromatic heterocycles. The minimum atomic E-state index is -3.62. The van der Waals surface area contributed by atoms with Crippen molar-refractivity contribution in [3.63, 3.8) is 0 Å². The number of hydrogen-bond acceptors (Lipinski definition) is 6. The second-order valence-corrected chi connectivity index (χ2v) is 11.2. The van der Waals surface area contributed by atoms with E-state index in [0.717, 1.165) is 22.4 Å². The Morgan fingerprint density at radius 1 is 1.03 bits per heavy atom. The first-order valence-electron chi connectivity index (χ1n) is 11.0. The fourth-order valence-electron chi connectivity index (χ4n) is 3.80. The van der Waals surface area contributed by atoms with Gasteiger partial charge in [0.1, 0.15) is 10.1 Å². The van der Waals surface area contributed by atoms with Gasteiger partial charge in [-0.1, -0.05) is 48.2 Å². The van der Waals surface area contributed by atoms with Gasteiger partial charge in [0.15, 0.2) is 0 Å². The molecule has 1 atom stereocenters. The van der Waals surface area contributed by atoms with Gasteiger partial charge in [-0.15, -0.1) is 0 Å². The molecule has 4 rings (SSSR count). The summed E-state index contributed by atoms with van der Waals surface area (Å²) >= 11 is 1.28. The zero-order chi connectivity index (χ0) is 24.1. The summed E-state index contributed by atoms with van der Waals surface area (Å²) < 4.78 is 32.4. The van der Waals surface area contributed by atoms with Crippen LogP contribution >= 0.6 is 11.8 Å². The average Bonchev–Trinajstić information content (AvgIpc) is 2.83.